The number of hydrogen-bond acceptors (Lipinski definition) is 8. The molecule has 3 heterocycles. The summed E-state index contributed by atoms with van der Waals surface area (Å²) < 4.78 is 52.6. The molecular formula is C9H7F3N8O2S. The van der Waals surface area contributed by atoms with Crippen LogP contribution in [-0.4, -0.2) is 39.8 Å². The Morgan fingerprint density at radius 1 is 1.39 bits per heavy atom. The van der Waals surface area contributed by atoms with Gasteiger partial charge < -0.3 is 4.74 Å². The number of nitrogens with zero attached hydrogens (tertiary/aromatic N) is 8. The fourth-order valence-electron chi connectivity index (χ4n) is 1.61. The first-order valence-electron chi connectivity index (χ1n) is 6.33. The average molecular weight is 350 g/mol. The predicted octanol–water partition coefficient (Wildman–Crippen LogP) is 0.0693. The Labute approximate surface area is 130 Å². The normalized spacial score (nSPS) is 12.4. The topological polar surface area (TPSA) is 106 Å². The molecule has 0 aliphatic carbocycles. The summed E-state index contributed by atoms with van der Waals surface area (Å²) in [6.45, 7) is -0.641. The van der Waals surface area contributed by atoms with Gasteiger partial charge in [-0.15, -0.1) is 27.6 Å². The number of alkyl halides is 3. The quantitative estimate of drug-likeness (QED) is 0.655. The van der Waals surface area contributed by atoms with Crippen LogP contribution >= 0.6 is 11.3 Å². The van der Waals surface area contributed by atoms with Gasteiger partial charge in [-0.05, 0) is 10.4 Å². The van der Waals surface area contributed by atoms with Gasteiger partial charge in [0.25, 0.3) is 5.19 Å². The molecule has 0 aromatic carbocycles. The molecule has 0 aliphatic heterocycles. The van der Waals surface area contributed by atoms with Crippen LogP contribution in [-0.2, 0) is 20.0 Å². The third kappa shape index (κ3) is 2.79. The number of aromatic nitrogens is 8. The van der Waals surface area contributed by atoms with Crippen molar-refractivity contribution in [2.75, 3.05) is 0 Å². The number of hydrogen-bond donors (Lipinski definition) is 0. The standard InChI is InChI=1S/C9H7F3N8O2S/c1-18-8(21)19(17-16-18)6-5(4-22-7-13-2-3-23-7)20(15-14-6)9(10,11)12/h2-3H,4H2,1H3/i2T. The molecule has 122 valence electrons. The number of halogens is 3. The van der Waals surface area contributed by atoms with E-state index in [9.17, 15) is 18.0 Å². The first-order chi connectivity index (χ1) is 11.3. The van der Waals surface area contributed by atoms with Crippen LogP contribution in [0.5, 0.6) is 5.19 Å². The monoisotopic (exact) mass is 350 g/mol. The lowest BCUT2D eigenvalue weighted by molar-refractivity contribution is -0.215. The molecule has 0 amide bonds. The zero-order valence-electron chi connectivity index (χ0n) is 12.2. The minimum Gasteiger partial charge on any atom is -0.463 e. The Balaban J connectivity index is 2.02. The van der Waals surface area contributed by atoms with E-state index in [1.165, 1.54) is 12.4 Å². The maximum absolute atomic E-state index is 13.0. The Bertz CT molecular complexity index is 928. The SMILES string of the molecule is [3H]c1csc(OCc2c(-n3nnn(C)c3=O)nnn2C(F)(F)F)n1. The van der Waals surface area contributed by atoms with Gasteiger partial charge in [0.15, 0.2) is 0 Å². The van der Waals surface area contributed by atoms with Gasteiger partial charge in [-0.2, -0.15) is 4.68 Å². The highest BCUT2D eigenvalue weighted by Gasteiger charge is 2.37. The first kappa shape index (κ1) is 13.9. The van der Waals surface area contributed by atoms with E-state index in [1.54, 1.807) is 0 Å². The molecule has 0 spiro atoms. The van der Waals surface area contributed by atoms with Crippen molar-refractivity contribution in [3.8, 4) is 11.0 Å². The van der Waals surface area contributed by atoms with E-state index in [4.69, 9.17) is 6.11 Å². The second-order valence-electron chi connectivity index (χ2n) is 4.07. The summed E-state index contributed by atoms with van der Waals surface area (Å²) in [6.07, 6.45) is -4.96. The largest absolute Gasteiger partial charge is 0.506 e. The van der Waals surface area contributed by atoms with Gasteiger partial charge in [-0.1, -0.05) is 16.6 Å². The molecule has 3 aromatic rings. The molecule has 0 atom stereocenters. The molecule has 0 aliphatic rings. The number of thiazole rings is 1. The van der Waals surface area contributed by atoms with Crippen LogP contribution in [0.1, 0.15) is 7.06 Å². The highest BCUT2D eigenvalue weighted by molar-refractivity contribution is 7.11. The molecule has 0 N–H and O–H groups in total. The molecule has 0 saturated carbocycles. The van der Waals surface area contributed by atoms with Crippen molar-refractivity contribution in [1.82, 2.24) is 39.8 Å². The summed E-state index contributed by atoms with van der Waals surface area (Å²) in [7, 11) is 1.28. The van der Waals surface area contributed by atoms with Crippen molar-refractivity contribution in [3.63, 3.8) is 0 Å². The van der Waals surface area contributed by atoms with Crippen molar-refractivity contribution in [3.05, 3.63) is 27.7 Å². The van der Waals surface area contributed by atoms with Gasteiger partial charge in [-0.25, -0.2) is 9.78 Å². The van der Waals surface area contributed by atoms with E-state index >= 15 is 0 Å². The van der Waals surface area contributed by atoms with Crippen LogP contribution in [0.25, 0.3) is 5.82 Å². The Morgan fingerprint density at radius 2 is 2.17 bits per heavy atom. The lowest BCUT2D eigenvalue weighted by Crippen LogP contribution is -2.25. The molecule has 3 aromatic heterocycles. The summed E-state index contributed by atoms with van der Waals surface area (Å²) >= 11 is 0.941. The van der Waals surface area contributed by atoms with E-state index in [1.807, 2.05) is 0 Å². The summed E-state index contributed by atoms with van der Waals surface area (Å²) in [6, 6.07) is 0. The molecule has 23 heavy (non-hydrogen) atoms. The molecule has 0 bridgehead atoms. The minimum atomic E-state index is -4.88. The zero-order valence-corrected chi connectivity index (χ0v) is 12.0. The van der Waals surface area contributed by atoms with Crippen molar-refractivity contribution in [2.24, 2.45) is 7.05 Å². The average Bonchev–Trinajstić information content (AvgIpc) is 3.17. The van der Waals surface area contributed by atoms with Gasteiger partial charge in [0.1, 0.15) is 12.3 Å². The lowest BCUT2D eigenvalue weighted by atomic mass is 10.4. The summed E-state index contributed by atoms with van der Waals surface area (Å²) in [5.74, 6) is -0.465. The fraction of sp³-hybridized carbons (Fsp3) is 0.333. The van der Waals surface area contributed by atoms with Gasteiger partial charge in [0, 0.05) is 18.6 Å². The van der Waals surface area contributed by atoms with Crippen molar-refractivity contribution < 1.29 is 19.3 Å². The maximum Gasteiger partial charge on any atom is 0.506 e. The Kier molecular flexibility index (Phi) is 3.29. The smallest absolute Gasteiger partial charge is 0.463 e. The molecule has 0 saturated heterocycles. The minimum absolute atomic E-state index is 0.00707. The highest BCUT2D eigenvalue weighted by atomic mass is 32.1. The van der Waals surface area contributed by atoms with E-state index < -0.39 is 30.1 Å². The molecule has 0 fully saturated rings. The van der Waals surface area contributed by atoms with Gasteiger partial charge >= 0.3 is 12.0 Å². The van der Waals surface area contributed by atoms with E-state index in [0.717, 1.165) is 16.0 Å². The summed E-state index contributed by atoms with van der Waals surface area (Å²) in [5.41, 5.74) is -1.36. The highest BCUT2D eigenvalue weighted by Crippen LogP contribution is 2.26. The maximum atomic E-state index is 13.0. The van der Waals surface area contributed by atoms with E-state index in [2.05, 4.69) is 25.7 Å². The summed E-state index contributed by atoms with van der Waals surface area (Å²) in [4.78, 5) is 15.5. The van der Waals surface area contributed by atoms with Gasteiger partial charge in [0.2, 0.25) is 5.82 Å². The van der Waals surface area contributed by atoms with E-state index in [0.29, 0.717) is 4.68 Å². The van der Waals surface area contributed by atoms with Crippen LogP contribution in [0.15, 0.2) is 16.3 Å². The first-order valence-corrected chi connectivity index (χ1v) is 6.71. The molecule has 14 heteroatoms. The third-order valence-electron chi connectivity index (χ3n) is 2.61. The number of tetrazole rings is 1. The second kappa shape index (κ2) is 5.45. The van der Waals surface area contributed by atoms with E-state index in [-0.39, 0.29) is 16.0 Å². The van der Waals surface area contributed by atoms with Crippen LogP contribution < -0.4 is 10.4 Å². The van der Waals surface area contributed by atoms with Crippen LogP contribution in [0.4, 0.5) is 13.2 Å². The molecule has 0 unspecified atom stereocenters. The van der Waals surface area contributed by atoms with Crippen LogP contribution in [0.2, 0.25) is 0 Å². The molecule has 10 nitrogen and oxygen atoms in total. The molecule has 3 rings (SSSR count). The van der Waals surface area contributed by atoms with Gasteiger partial charge in [-0.3, -0.25) is 0 Å². The number of rotatable bonds is 4. The second-order valence-corrected chi connectivity index (χ2v) is 4.89. The Hall–Kier alpha value is -2.77. The fourth-order valence-corrected chi connectivity index (χ4v) is 2.05. The number of ether oxygens (including phenoxy) is 1. The third-order valence-corrected chi connectivity index (χ3v) is 3.24. The predicted molar refractivity (Wildman–Crippen MR) is 67.9 cm³/mol. The van der Waals surface area contributed by atoms with Crippen LogP contribution in [0, 0.1) is 0 Å². The van der Waals surface area contributed by atoms with Crippen LogP contribution in [0.3, 0.4) is 0 Å². The zero-order chi connectivity index (χ0) is 17.5. The van der Waals surface area contributed by atoms with Gasteiger partial charge in [0.05, 0.1) is 1.37 Å². The summed E-state index contributed by atoms with van der Waals surface area (Å²) in [5, 5.41) is 14.5. The van der Waals surface area contributed by atoms with Crippen molar-refractivity contribution in [2.45, 2.75) is 12.9 Å². The molecule has 0 radical (unpaired) electrons. The molecular weight excluding hydrogens is 341 g/mol. The lowest BCUT2D eigenvalue weighted by Gasteiger charge is -2.10. The Morgan fingerprint density at radius 3 is 2.74 bits per heavy atom. The van der Waals surface area contributed by atoms with Crippen molar-refractivity contribution >= 4 is 11.3 Å². The number of aryl methyl sites for hydroxylation is 1. The van der Waals surface area contributed by atoms with Crippen molar-refractivity contribution in [1.29, 1.82) is 0 Å².